The zero-order valence-corrected chi connectivity index (χ0v) is 18.4. The molecular weight excluding hydrogens is 394 g/mol. The van der Waals surface area contributed by atoms with E-state index in [2.05, 4.69) is 29.4 Å². The molecule has 0 bridgehead atoms. The lowest BCUT2D eigenvalue weighted by molar-refractivity contribution is -0.140. The summed E-state index contributed by atoms with van der Waals surface area (Å²) in [5.74, 6) is 0.264. The molecule has 0 spiro atoms. The van der Waals surface area contributed by atoms with Gasteiger partial charge in [0.25, 0.3) is 0 Å². The third-order valence-corrected chi connectivity index (χ3v) is 5.37. The van der Waals surface area contributed by atoms with Crippen molar-refractivity contribution in [3.63, 3.8) is 0 Å². The van der Waals surface area contributed by atoms with E-state index in [4.69, 9.17) is 9.47 Å². The first-order valence-corrected chi connectivity index (χ1v) is 10.4. The van der Waals surface area contributed by atoms with Crippen LogP contribution in [0.2, 0.25) is 0 Å². The molecule has 0 saturated carbocycles. The Morgan fingerprint density at radius 1 is 1.03 bits per heavy atom. The number of carbonyl (C=O) groups excluding carboxylic acids is 2. The third-order valence-electron chi connectivity index (χ3n) is 5.37. The number of nitrogens with zero attached hydrogens (tertiary/aromatic N) is 1. The summed E-state index contributed by atoms with van der Waals surface area (Å²) in [5.41, 5.74) is 3.64. The summed E-state index contributed by atoms with van der Waals surface area (Å²) in [4.78, 5) is 27.3. The number of benzene rings is 2. The summed E-state index contributed by atoms with van der Waals surface area (Å²) in [6, 6.07) is 14.3. The minimum atomic E-state index is -0.581. The first-order chi connectivity index (χ1) is 15.0. The van der Waals surface area contributed by atoms with Gasteiger partial charge < -0.3 is 25.0 Å². The lowest BCUT2D eigenvalue weighted by atomic mass is 9.95. The van der Waals surface area contributed by atoms with Gasteiger partial charge in [0.05, 0.1) is 18.7 Å². The van der Waals surface area contributed by atoms with Gasteiger partial charge in [-0.15, -0.1) is 0 Å². The molecular formula is C24H29N3O4. The number of anilines is 1. The molecule has 31 heavy (non-hydrogen) atoms. The predicted molar refractivity (Wildman–Crippen MR) is 120 cm³/mol. The van der Waals surface area contributed by atoms with Crippen LogP contribution in [0.3, 0.4) is 0 Å². The molecule has 7 nitrogen and oxygen atoms in total. The Labute approximate surface area is 183 Å². The van der Waals surface area contributed by atoms with Crippen molar-refractivity contribution in [3.05, 3.63) is 70.9 Å². The fourth-order valence-corrected chi connectivity index (χ4v) is 3.63. The van der Waals surface area contributed by atoms with E-state index < -0.39 is 12.0 Å². The smallest absolute Gasteiger partial charge is 0.338 e. The Balaban J connectivity index is 1.79. The number of allylic oxidation sites excluding steroid dienone is 1. The maximum Gasteiger partial charge on any atom is 0.338 e. The molecule has 0 radical (unpaired) electrons. The van der Waals surface area contributed by atoms with Gasteiger partial charge in [-0.05, 0) is 56.2 Å². The number of methoxy groups -OCH3 is 1. The Morgan fingerprint density at radius 3 is 2.26 bits per heavy atom. The number of rotatable bonds is 8. The molecule has 0 aliphatic carbocycles. The highest BCUT2D eigenvalue weighted by Crippen LogP contribution is 2.29. The minimum absolute atomic E-state index is 0.126. The summed E-state index contributed by atoms with van der Waals surface area (Å²) >= 11 is 0. The quantitative estimate of drug-likeness (QED) is 0.630. The second kappa shape index (κ2) is 10.0. The van der Waals surface area contributed by atoms with E-state index in [-0.39, 0.29) is 12.6 Å². The van der Waals surface area contributed by atoms with Crippen LogP contribution in [-0.4, -0.2) is 32.2 Å². The average molecular weight is 424 g/mol. The van der Waals surface area contributed by atoms with Crippen molar-refractivity contribution in [2.75, 3.05) is 25.1 Å². The first-order valence-electron chi connectivity index (χ1n) is 10.4. The molecule has 1 atom stereocenters. The lowest BCUT2D eigenvalue weighted by Crippen LogP contribution is -2.45. The summed E-state index contributed by atoms with van der Waals surface area (Å²) in [5, 5.41) is 5.52. The maximum atomic E-state index is 13.0. The van der Waals surface area contributed by atoms with Crippen LogP contribution in [0.1, 0.15) is 37.9 Å². The van der Waals surface area contributed by atoms with Crippen LogP contribution >= 0.6 is 0 Å². The topological polar surface area (TPSA) is 79.9 Å². The van der Waals surface area contributed by atoms with Crippen molar-refractivity contribution in [1.82, 2.24) is 10.6 Å². The van der Waals surface area contributed by atoms with Crippen molar-refractivity contribution >= 4 is 17.7 Å². The van der Waals surface area contributed by atoms with E-state index in [1.807, 2.05) is 48.5 Å². The van der Waals surface area contributed by atoms with Gasteiger partial charge in [0.1, 0.15) is 12.4 Å². The van der Waals surface area contributed by atoms with Crippen LogP contribution in [0, 0.1) is 0 Å². The highest BCUT2D eigenvalue weighted by molar-refractivity contribution is 5.95. The number of hydrogen-bond donors (Lipinski definition) is 2. The Bertz CT molecular complexity index is 948. The van der Waals surface area contributed by atoms with E-state index in [9.17, 15) is 9.59 Å². The monoisotopic (exact) mass is 423 g/mol. The number of ether oxygens (including phenoxy) is 2. The van der Waals surface area contributed by atoms with Crippen LogP contribution in [0.5, 0.6) is 5.75 Å². The molecule has 0 saturated heterocycles. The number of amides is 2. The van der Waals surface area contributed by atoms with Gasteiger partial charge in [0, 0.05) is 24.5 Å². The number of hydrogen-bond acceptors (Lipinski definition) is 5. The molecule has 1 heterocycles. The normalized spacial score (nSPS) is 15.7. The molecule has 2 aromatic carbocycles. The molecule has 164 valence electrons. The summed E-state index contributed by atoms with van der Waals surface area (Å²) in [6.45, 7) is 7.85. The second-order valence-corrected chi connectivity index (χ2v) is 7.26. The predicted octanol–water partition coefficient (Wildman–Crippen LogP) is 3.91. The molecule has 2 aromatic rings. The highest BCUT2D eigenvalue weighted by atomic mass is 16.5. The van der Waals surface area contributed by atoms with Crippen LogP contribution in [0.25, 0.3) is 0 Å². The largest absolute Gasteiger partial charge is 0.497 e. The lowest BCUT2D eigenvalue weighted by Gasteiger charge is -2.29. The minimum Gasteiger partial charge on any atom is -0.497 e. The second-order valence-electron chi connectivity index (χ2n) is 7.26. The van der Waals surface area contributed by atoms with E-state index in [1.165, 1.54) is 0 Å². The van der Waals surface area contributed by atoms with Gasteiger partial charge in [-0.1, -0.05) is 24.3 Å². The summed E-state index contributed by atoms with van der Waals surface area (Å²) in [7, 11) is 1.60. The van der Waals surface area contributed by atoms with Gasteiger partial charge >= 0.3 is 12.0 Å². The molecule has 7 heteroatoms. The van der Waals surface area contributed by atoms with Gasteiger partial charge in [0.2, 0.25) is 0 Å². The fourth-order valence-electron chi connectivity index (χ4n) is 3.63. The molecule has 0 unspecified atom stereocenters. The third kappa shape index (κ3) is 5.17. The van der Waals surface area contributed by atoms with E-state index >= 15 is 0 Å². The van der Waals surface area contributed by atoms with E-state index in [0.29, 0.717) is 11.3 Å². The van der Waals surface area contributed by atoms with Gasteiger partial charge in [0.15, 0.2) is 0 Å². The Hall–Kier alpha value is -3.48. The highest BCUT2D eigenvalue weighted by Gasteiger charge is 2.32. The van der Waals surface area contributed by atoms with Gasteiger partial charge in [-0.2, -0.15) is 0 Å². The van der Waals surface area contributed by atoms with E-state index in [0.717, 1.165) is 35.7 Å². The Kier molecular flexibility index (Phi) is 7.18. The average Bonchev–Trinajstić information content (AvgIpc) is 2.78. The molecule has 2 N–H and O–H groups in total. The van der Waals surface area contributed by atoms with Crippen LogP contribution in [0.4, 0.5) is 10.5 Å². The molecule has 1 aliphatic heterocycles. The van der Waals surface area contributed by atoms with Crippen LogP contribution in [-0.2, 0) is 16.1 Å². The zero-order valence-electron chi connectivity index (χ0n) is 18.4. The zero-order chi connectivity index (χ0) is 22.4. The first kappa shape index (κ1) is 22.2. The van der Waals surface area contributed by atoms with Crippen LogP contribution in [0.15, 0.2) is 59.8 Å². The van der Waals surface area contributed by atoms with Crippen molar-refractivity contribution in [2.45, 2.75) is 33.4 Å². The number of urea groups is 1. The standard InChI is InChI=1S/C24H29N3O4/c1-5-27(6-2)19-11-9-18(10-12-19)22-21(16(3)25-24(29)26-22)23(28)31-15-17-7-13-20(30-4)14-8-17/h7-14,22H,5-6,15H2,1-4H3,(H2,25,26,29)/t22-/m1/s1. The van der Waals surface area contributed by atoms with Crippen LogP contribution < -0.4 is 20.3 Å². The number of carbonyl (C=O) groups is 2. The molecule has 1 aliphatic rings. The maximum absolute atomic E-state index is 13.0. The SMILES string of the molecule is CCN(CC)c1ccc([C@H]2NC(=O)NC(C)=C2C(=O)OCc2ccc(OC)cc2)cc1. The van der Waals surface area contributed by atoms with Crippen molar-refractivity contribution in [3.8, 4) is 5.75 Å². The van der Waals surface area contributed by atoms with Gasteiger partial charge in [-0.25, -0.2) is 9.59 Å². The Morgan fingerprint density at radius 2 is 1.68 bits per heavy atom. The number of nitrogens with one attached hydrogen (secondary N) is 2. The van der Waals surface area contributed by atoms with Gasteiger partial charge in [-0.3, -0.25) is 0 Å². The van der Waals surface area contributed by atoms with Crippen molar-refractivity contribution < 1.29 is 19.1 Å². The fraction of sp³-hybridized carbons (Fsp3) is 0.333. The van der Waals surface area contributed by atoms with E-state index in [1.54, 1.807) is 14.0 Å². The number of esters is 1. The van der Waals surface area contributed by atoms with Crippen molar-refractivity contribution in [1.29, 1.82) is 0 Å². The molecule has 3 rings (SSSR count). The molecule has 2 amide bonds. The summed E-state index contributed by atoms with van der Waals surface area (Å²) in [6.07, 6.45) is 0. The molecule has 0 fully saturated rings. The van der Waals surface area contributed by atoms with Crippen molar-refractivity contribution in [2.24, 2.45) is 0 Å². The molecule has 0 aromatic heterocycles. The summed E-state index contributed by atoms with van der Waals surface area (Å²) < 4.78 is 10.7.